The van der Waals surface area contributed by atoms with Gasteiger partial charge in [-0.2, -0.15) is 5.10 Å². The van der Waals surface area contributed by atoms with Crippen LogP contribution in [-0.2, 0) is 0 Å². The van der Waals surface area contributed by atoms with Crippen LogP contribution in [0.1, 0.15) is 37.0 Å². The number of rotatable bonds is 3. The number of carbonyl (C=O) groups is 1. The van der Waals surface area contributed by atoms with Gasteiger partial charge in [0.25, 0.3) is 5.91 Å². The van der Waals surface area contributed by atoms with Crippen molar-refractivity contribution in [2.24, 2.45) is 5.92 Å². The van der Waals surface area contributed by atoms with Gasteiger partial charge in [-0.3, -0.25) is 4.79 Å². The van der Waals surface area contributed by atoms with Crippen molar-refractivity contribution in [2.75, 3.05) is 6.54 Å². The first-order valence-electron chi connectivity index (χ1n) is 9.65. The predicted octanol–water partition coefficient (Wildman–Crippen LogP) is 4.80. The molecule has 0 spiro atoms. The van der Waals surface area contributed by atoms with Gasteiger partial charge in [-0.25, -0.2) is 4.68 Å². The van der Waals surface area contributed by atoms with Crippen LogP contribution in [0.25, 0.3) is 16.9 Å². The summed E-state index contributed by atoms with van der Waals surface area (Å²) in [6.07, 6.45) is 3.84. The van der Waals surface area contributed by atoms with Crippen molar-refractivity contribution in [3.05, 3.63) is 72.4 Å². The largest absolute Gasteiger partial charge is 0.336 e. The molecule has 2 atom stereocenters. The highest BCUT2D eigenvalue weighted by molar-refractivity contribution is 6.00. The van der Waals surface area contributed by atoms with E-state index in [1.54, 1.807) is 6.20 Å². The van der Waals surface area contributed by atoms with Crippen LogP contribution in [0.3, 0.4) is 0 Å². The molecule has 1 saturated heterocycles. The summed E-state index contributed by atoms with van der Waals surface area (Å²) in [5.74, 6) is 0.750. The first kappa shape index (κ1) is 17.5. The van der Waals surface area contributed by atoms with Crippen molar-refractivity contribution in [3.8, 4) is 16.9 Å². The molecule has 2 aromatic carbocycles. The molecule has 0 bridgehead atoms. The van der Waals surface area contributed by atoms with Crippen molar-refractivity contribution < 1.29 is 4.79 Å². The van der Waals surface area contributed by atoms with E-state index in [0.29, 0.717) is 11.5 Å². The van der Waals surface area contributed by atoms with Crippen LogP contribution in [0.5, 0.6) is 0 Å². The molecular formula is C23H25N3O. The van der Waals surface area contributed by atoms with E-state index in [0.717, 1.165) is 36.3 Å². The highest BCUT2D eigenvalue weighted by Gasteiger charge is 2.30. The Hall–Kier alpha value is -2.88. The summed E-state index contributed by atoms with van der Waals surface area (Å²) in [5.41, 5.74) is 3.49. The Labute approximate surface area is 160 Å². The maximum Gasteiger partial charge on any atom is 0.257 e. The fourth-order valence-corrected chi connectivity index (χ4v) is 4.01. The molecule has 0 aliphatic carbocycles. The molecule has 0 N–H and O–H groups in total. The molecule has 0 saturated carbocycles. The summed E-state index contributed by atoms with van der Waals surface area (Å²) in [5, 5.41) is 4.59. The van der Waals surface area contributed by atoms with Crippen LogP contribution < -0.4 is 0 Å². The maximum absolute atomic E-state index is 13.4. The lowest BCUT2D eigenvalue weighted by atomic mass is 9.92. The minimum absolute atomic E-state index is 0.0791. The molecule has 1 fully saturated rings. The van der Waals surface area contributed by atoms with Crippen LogP contribution in [0.2, 0.25) is 0 Å². The molecule has 3 aromatic rings. The van der Waals surface area contributed by atoms with Gasteiger partial charge in [0.05, 0.1) is 23.1 Å². The number of likely N-dealkylation sites (tertiary alicyclic amines) is 1. The molecule has 0 unspecified atom stereocenters. The first-order chi connectivity index (χ1) is 13.1. The number of amides is 1. The van der Waals surface area contributed by atoms with Crippen molar-refractivity contribution in [2.45, 2.75) is 32.7 Å². The Bertz CT molecular complexity index is 917. The third-order valence-electron chi connectivity index (χ3n) is 5.45. The van der Waals surface area contributed by atoms with E-state index in [1.165, 1.54) is 0 Å². The molecule has 4 nitrogen and oxygen atoms in total. The second-order valence-electron chi connectivity index (χ2n) is 7.50. The van der Waals surface area contributed by atoms with Crippen LogP contribution in [0, 0.1) is 5.92 Å². The number of hydrogen-bond acceptors (Lipinski definition) is 2. The molecule has 1 aliphatic rings. The number of carbonyl (C=O) groups excluding carboxylic acids is 1. The Morgan fingerprint density at radius 2 is 1.67 bits per heavy atom. The zero-order valence-electron chi connectivity index (χ0n) is 15.9. The molecule has 2 heterocycles. The minimum Gasteiger partial charge on any atom is -0.336 e. The van der Waals surface area contributed by atoms with Gasteiger partial charge in [0.1, 0.15) is 0 Å². The van der Waals surface area contributed by atoms with Gasteiger partial charge >= 0.3 is 0 Å². The molecule has 1 aromatic heterocycles. The van der Waals surface area contributed by atoms with Crippen LogP contribution >= 0.6 is 0 Å². The van der Waals surface area contributed by atoms with E-state index in [4.69, 9.17) is 0 Å². The third kappa shape index (κ3) is 3.39. The fraction of sp³-hybridized carbons (Fsp3) is 0.304. The zero-order valence-corrected chi connectivity index (χ0v) is 15.9. The smallest absolute Gasteiger partial charge is 0.257 e. The van der Waals surface area contributed by atoms with Crippen molar-refractivity contribution >= 4 is 5.91 Å². The Morgan fingerprint density at radius 1 is 1.00 bits per heavy atom. The summed E-state index contributed by atoms with van der Waals surface area (Å²) < 4.78 is 1.87. The van der Waals surface area contributed by atoms with E-state index in [2.05, 4.69) is 18.9 Å². The van der Waals surface area contributed by atoms with E-state index in [-0.39, 0.29) is 11.9 Å². The average molecular weight is 359 g/mol. The Balaban J connectivity index is 1.79. The lowest BCUT2D eigenvalue weighted by Crippen LogP contribution is -2.44. The van der Waals surface area contributed by atoms with Crippen LogP contribution in [0.15, 0.2) is 66.9 Å². The zero-order chi connectivity index (χ0) is 18.8. The van der Waals surface area contributed by atoms with Crippen LogP contribution in [-0.4, -0.2) is 33.2 Å². The van der Waals surface area contributed by atoms with E-state index >= 15 is 0 Å². The van der Waals surface area contributed by atoms with Crippen molar-refractivity contribution in [1.82, 2.24) is 14.7 Å². The monoisotopic (exact) mass is 359 g/mol. The molecule has 27 heavy (non-hydrogen) atoms. The van der Waals surface area contributed by atoms with Crippen molar-refractivity contribution in [1.29, 1.82) is 0 Å². The summed E-state index contributed by atoms with van der Waals surface area (Å²) in [7, 11) is 0. The number of para-hydroxylation sites is 1. The molecule has 4 heteroatoms. The SMILES string of the molecule is C[C@H]1CCN(C(=O)c2cnn(-c3ccccc3)c2-c2ccccc2)[C@H](C)C1. The maximum atomic E-state index is 13.4. The standard InChI is InChI=1S/C23H25N3O/c1-17-13-14-25(18(2)15-17)23(27)21-16-24-26(20-11-7-4-8-12-20)22(21)19-9-5-3-6-10-19/h3-12,16-18H,13-15H2,1-2H3/t17-,18+/m0/s1. The van der Waals surface area contributed by atoms with Gasteiger partial charge in [0, 0.05) is 18.2 Å². The third-order valence-corrected chi connectivity index (χ3v) is 5.45. The van der Waals surface area contributed by atoms with Gasteiger partial charge in [0.15, 0.2) is 0 Å². The first-order valence-corrected chi connectivity index (χ1v) is 9.65. The molecule has 1 aliphatic heterocycles. The second kappa shape index (κ2) is 7.39. The molecule has 0 radical (unpaired) electrons. The molecule has 4 rings (SSSR count). The molecular weight excluding hydrogens is 334 g/mol. The summed E-state index contributed by atoms with van der Waals surface area (Å²) in [6.45, 7) is 5.23. The quantitative estimate of drug-likeness (QED) is 0.674. The van der Waals surface area contributed by atoms with Crippen LogP contribution in [0.4, 0.5) is 0 Å². The summed E-state index contributed by atoms with van der Waals surface area (Å²) >= 11 is 0. The van der Waals surface area contributed by atoms with Crippen molar-refractivity contribution in [3.63, 3.8) is 0 Å². The lowest BCUT2D eigenvalue weighted by molar-refractivity contribution is 0.0589. The number of hydrogen-bond donors (Lipinski definition) is 0. The number of nitrogens with zero attached hydrogens (tertiary/aromatic N) is 3. The average Bonchev–Trinajstić information content (AvgIpc) is 3.14. The fourth-order valence-electron chi connectivity index (χ4n) is 4.01. The van der Waals surface area contributed by atoms with Gasteiger partial charge in [0.2, 0.25) is 0 Å². The van der Waals surface area contributed by atoms with Gasteiger partial charge in [-0.1, -0.05) is 55.5 Å². The number of piperidine rings is 1. The normalized spacial score (nSPS) is 19.9. The highest BCUT2D eigenvalue weighted by Crippen LogP contribution is 2.30. The topological polar surface area (TPSA) is 38.1 Å². The van der Waals surface area contributed by atoms with Gasteiger partial charge in [-0.15, -0.1) is 0 Å². The Morgan fingerprint density at radius 3 is 2.33 bits per heavy atom. The van der Waals surface area contributed by atoms with E-state index in [1.807, 2.05) is 70.2 Å². The van der Waals surface area contributed by atoms with Gasteiger partial charge < -0.3 is 4.90 Å². The minimum atomic E-state index is 0.0791. The molecule has 138 valence electrons. The number of benzene rings is 2. The van der Waals surface area contributed by atoms with Gasteiger partial charge in [-0.05, 0) is 37.8 Å². The summed E-state index contributed by atoms with van der Waals surface area (Å²) in [6, 6.07) is 20.3. The van der Waals surface area contributed by atoms with E-state index < -0.39 is 0 Å². The Kier molecular flexibility index (Phi) is 4.80. The molecule has 1 amide bonds. The number of aromatic nitrogens is 2. The predicted molar refractivity (Wildman–Crippen MR) is 108 cm³/mol. The second-order valence-corrected chi connectivity index (χ2v) is 7.50. The highest BCUT2D eigenvalue weighted by atomic mass is 16.2. The summed E-state index contributed by atoms with van der Waals surface area (Å²) in [4.78, 5) is 15.4. The lowest BCUT2D eigenvalue weighted by Gasteiger charge is -2.36. The van der Waals surface area contributed by atoms with E-state index in [9.17, 15) is 4.79 Å².